The van der Waals surface area contributed by atoms with Crippen LogP contribution in [0, 0.1) is 10.1 Å². The number of nitrogens with one attached hydrogen (secondary N) is 2. The Hall–Kier alpha value is -4.23. The van der Waals surface area contributed by atoms with E-state index < -0.39 is 17.5 Å². The van der Waals surface area contributed by atoms with Crippen LogP contribution >= 0.6 is 0 Å². The summed E-state index contributed by atoms with van der Waals surface area (Å²) < 4.78 is 6.06. The van der Waals surface area contributed by atoms with Crippen molar-refractivity contribution in [1.29, 1.82) is 0 Å². The number of anilines is 1. The molecular weight excluding hydrogens is 454 g/mol. The molecule has 2 aliphatic heterocycles. The van der Waals surface area contributed by atoms with Crippen molar-refractivity contribution in [2.24, 2.45) is 0 Å². The smallest absolute Gasteiger partial charge is 0.256 e. The minimum absolute atomic E-state index is 0.292. The summed E-state index contributed by atoms with van der Waals surface area (Å²) in [7, 11) is 0. The van der Waals surface area contributed by atoms with Crippen molar-refractivity contribution in [3.63, 3.8) is 0 Å². The van der Waals surface area contributed by atoms with Gasteiger partial charge in [-0.15, -0.1) is 0 Å². The number of rotatable bonds is 5. The Morgan fingerprint density at radius 2 is 1.67 bits per heavy atom. The minimum atomic E-state index is -1.41. The van der Waals surface area contributed by atoms with Crippen molar-refractivity contribution in [1.82, 2.24) is 5.32 Å². The third-order valence-electron chi connectivity index (χ3n) is 7.50. The van der Waals surface area contributed by atoms with Gasteiger partial charge in [0, 0.05) is 22.2 Å². The molecule has 1 amide bonds. The third kappa shape index (κ3) is 3.35. The molecule has 1 spiro atoms. The maximum Gasteiger partial charge on any atom is 0.256 e. The number of nitro groups is 1. The highest BCUT2D eigenvalue weighted by Gasteiger charge is 2.67. The van der Waals surface area contributed by atoms with Crippen LogP contribution in [0.2, 0.25) is 0 Å². The lowest BCUT2D eigenvalue weighted by atomic mass is 9.78. The number of carbonyl (C=O) groups excluding carboxylic acids is 1. The SMILES string of the molecule is C[C@@H]1N[C@]2(C(=O)Nc3ccccc32)[C@H]([N+](=O)[O-])[C@H]1c1ccc(OCc2cccc3ccccc23)cc1. The molecule has 2 heterocycles. The van der Waals surface area contributed by atoms with Crippen LogP contribution in [0.5, 0.6) is 5.75 Å². The van der Waals surface area contributed by atoms with Crippen LogP contribution in [0.3, 0.4) is 0 Å². The van der Waals surface area contributed by atoms with E-state index in [4.69, 9.17) is 4.74 Å². The zero-order valence-corrected chi connectivity index (χ0v) is 19.7. The Bertz CT molecular complexity index is 1480. The van der Waals surface area contributed by atoms with Crippen molar-refractivity contribution >= 4 is 22.4 Å². The van der Waals surface area contributed by atoms with Crippen molar-refractivity contribution in [3.05, 3.63) is 118 Å². The lowest BCUT2D eigenvalue weighted by Gasteiger charge is -2.25. The van der Waals surface area contributed by atoms with Crippen LogP contribution in [0.4, 0.5) is 5.69 Å². The number of benzene rings is 4. The van der Waals surface area contributed by atoms with Gasteiger partial charge in [0.15, 0.2) is 5.54 Å². The summed E-state index contributed by atoms with van der Waals surface area (Å²) in [6, 6.07) is 27.5. The van der Waals surface area contributed by atoms with Gasteiger partial charge in [0.25, 0.3) is 11.9 Å². The Balaban J connectivity index is 1.28. The van der Waals surface area contributed by atoms with Gasteiger partial charge in [0.05, 0.1) is 5.92 Å². The van der Waals surface area contributed by atoms with Crippen molar-refractivity contribution in [2.45, 2.75) is 37.1 Å². The van der Waals surface area contributed by atoms with Gasteiger partial charge in [-0.3, -0.25) is 20.2 Å². The maximum absolute atomic E-state index is 13.2. The van der Waals surface area contributed by atoms with E-state index in [2.05, 4.69) is 28.8 Å². The normalized spacial score (nSPS) is 24.6. The number of para-hydroxylation sites is 1. The number of hydrogen-bond acceptors (Lipinski definition) is 5. The zero-order valence-electron chi connectivity index (χ0n) is 19.7. The van der Waals surface area contributed by atoms with E-state index in [0.29, 0.717) is 23.6 Å². The molecule has 4 aromatic rings. The van der Waals surface area contributed by atoms with Crippen molar-refractivity contribution in [2.75, 3.05) is 5.32 Å². The largest absolute Gasteiger partial charge is 0.489 e. The fourth-order valence-corrected chi connectivity index (χ4v) is 5.92. The van der Waals surface area contributed by atoms with Crippen LogP contribution < -0.4 is 15.4 Å². The lowest BCUT2D eigenvalue weighted by Crippen LogP contribution is -2.54. The monoisotopic (exact) mass is 479 g/mol. The highest BCUT2D eigenvalue weighted by Crippen LogP contribution is 2.49. The summed E-state index contributed by atoms with van der Waals surface area (Å²) in [4.78, 5) is 25.3. The van der Waals surface area contributed by atoms with E-state index in [0.717, 1.165) is 21.9 Å². The second kappa shape index (κ2) is 8.46. The lowest BCUT2D eigenvalue weighted by molar-refractivity contribution is -0.532. The molecule has 2 N–H and O–H groups in total. The minimum Gasteiger partial charge on any atom is -0.489 e. The molecule has 1 saturated heterocycles. The number of ether oxygens (including phenoxy) is 1. The highest BCUT2D eigenvalue weighted by molar-refractivity contribution is 6.07. The van der Waals surface area contributed by atoms with E-state index in [1.807, 2.05) is 61.5 Å². The molecular formula is C29H25N3O4. The Morgan fingerprint density at radius 3 is 2.47 bits per heavy atom. The second-order valence-corrected chi connectivity index (χ2v) is 9.49. The fourth-order valence-electron chi connectivity index (χ4n) is 5.92. The molecule has 4 aromatic carbocycles. The summed E-state index contributed by atoms with van der Waals surface area (Å²) in [5.74, 6) is -0.194. The van der Waals surface area contributed by atoms with Crippen LogP contribution in [0.1, 0.15) is 29.5 Å². The topological polar surface area (TPSA) is 93.5 Å². The molecule has 7 heteroatoms. The summed E-state index contributed by atoms with van der Waals surface area (Å²) in [6.07, 6.45) is 0. The predicted molar refractivity (Wildman–Crippen MR) is 138 cm³/mol. The van der Waals surface area contributed by atoms with Crippen molar-refractivity contribution in [3.8, 4) is 5.75 Å². The first kappa shape index (κ1) is 22.2. The molecule has 180 valence electrons. The predicted octanol–water partition coefficient (Wildman–Crippen LogP) is 4.99. The van der Waals surface area contributed by atoms with E-state index in [1.54, 1.807) is 18.2 Å². The molecule has 0 saturated carbocycles. The van der Waals surface area contributed by atoms with Gasteiger partial charge < -0.3 is 10.1 Å². The Morgan fingerprint density at radius 1 is 0.944 bits per heavy atom. The fraction of sp³-hybridized carbons (Fsp3) is 0.207. The van der Waals surface area contributed by atoms with Crippen LogP contribution in [0.25, 0.3) is 10.8 Å². The molecule has 0 aliphatic carbocycles. The van der Waals surface area contributed by atoms with Crippen LogP contribution in [0.15, 0.2) is 91.0 Å². The van der Waals surface area contributed by atoms with E-state index in [1.165, 1.54) is 0 Å². The number of fused-ring (bicyclic) bond motifs is 3. The number of hydrogen-bond donors (Lipinski definition) is 2. The summed E-state index contributed by atoms with van der Waals surface area (Å²) in [5.41, 5.74) is 1.72. The highest BCUT2D eigenvalue weighted by atomic mass is 16.6. The van der Waals surface area contributed by atoms with Gasteiger partial charge in [-0.25, -0.2) is 0 Å². The third-order valence-corrected chi connectivity index (χ3v) is 7.50. The molecule has 0 unspecified atom stereocenters. The molecule has 36 heavy (non-hydrogen) atoms. The molecule has 2 aliphatic rings. The molecule has 0 radical (unpaired) electrons. The summed E-state index contributed by atoms with van der Waals surface area (Å²) >= 11 is 0. The van der Waals surface area contributed by atoms with Gasteiger partial charge >= 0.3 is 0 Å². The number of amides is 1. The van der Waals surface area contributed by atoms with Gasteiger partial charge in [0.1, 0.15) is 12.4 Å². The van der Waals surface area contributed by atoms with E-state index >= 15 is 0 Å². The zero-order chi connectivity index (χ0) is 24.9. The number of carbonyl (C=O) groups is 1. The summed E-state index contributed by atoms with van der Waals surface area (Å²) in [5, 5.41) is 20.9. The maximum atomic E-state index is 13.2. The molecule has 0 aromatic heterocycles. The quantitative estimate of drug-likeness (QED) is 0.311. The van der Waals surface area contributed by atoms with E-state index in [9.17, 15) is 14.9 Å². The first-order valence-corrected chi connectivity index (χ1v) is 12.0. The van der Waals surface area contributed by atoms with Crippen LogP contribution in [-0.2, 0) is 16.9 Å². The van der Waals surface area contributed by atoms with Gasteiger partial charge in [-0.2, -0.15) is 0 Å². The molecule has 1 fully saturated rings. The van der Waals surface area contributed by atoms with Gasteiger partial charge in [-0.1, -0.05) is 72.8 Å². The first-order valence-electron chi connectivity index (χ1n) is 12.0. The average molecular weight is 480 g/mol. The number of nitrogens with zero attached hydrogens (tertiary/aromatic N) is 1. The first-order chi connectivity index (χ1) is 17.5. The molecule has 0 bridgehead atoms. The molecule has 7 nitrogen and oxygen atoms in total. The molecule has 6 rings (SSSR count). The standard InChI is InChI=1S/C29H25N3O4/c1-18-26(27(32(34)35)29(31-18)24-11-4-5-12-25(24)30-28(29)33)20-13-15-22(16-14-20)36-17-21-9-6-8-19-7-2-3-10-23(19)21/h2-16,18,26-27,31H,17H2,1H3,(H,30,33)/t18-,26+,27+,29-/m0/s1. The average Bonchev–Trinajstić information content (AvgIpc) is 3.36. The van der Waals surface area contributed by atoms with Gasteiger partial charge in [0.2, 0.25) is 0 Å². The van der Waals surface area contributed by atoms with E-state index in [-0.39, 0.29) is 16.9 Å². The summed E-state index contributed by atoms with van der Waals surface area (Å²) in [6.45, 7) is 2.31. The van der Waals surface area contributed by atoms with Crippen molar-refractivity contribution < 1.29 is 14.5 Å². The van der Waals surface area contributed by atoms with Gasteiger partial charge in [-0.05, 0) is 47.0 Å². The Labute approximate surface area is 208 Å². The molecule has 4 atom stereocenters. The van der Waals surface area contributed by atoms with Crippen LogP contribution in [-0.4, -0.2) is 22.9 Å². The Kier molecular flexibility index (Phi) is 5.23. The second-order valence-electron chi connectivity index (χ2n) is 9.49.